The number of hydrogen-bond acceptors (Lipinski definition) is 7. The zero-order chi connectivity index (χ0) is 39.9. The summed E-state index contributed by atoms with van der Waals surface area (Å²) in [6, 6.07) is 0. The predicted molar refractivity (Wildman–Crippen MR) is 213 cm³/mol. The van der Waals surface area contributed by atoms with Crippen molar-refractivity contribution >= 4 is 25.2 Å². The molecule has 0 aromatic rings. The zero-order valence-corrected chi connectivity index (χ0v) is 36.8. The van der Waals surface area contributed by atoms with Crippen molar-refractivity contribution in [1.82, 2.24) is 9.96 Å². The Morgan fingerprint density at radius 2 is 1.35 bits per heavy atom. The Balaban J connectivity index is 1.03. The van der Waals surface area contributed by atoms with Crippen LogP contribution in [0.25, 0.3) is 0 Å². The first-order valence-corrected chi connectivity index (χ1v) is 24.7. The van der Waals surface area contributed by atoms with Gasteiger partial charge in [0.05, 0.1) is 17.3 Å². The van der Waals surface area contributed by atoms with Crippen LogP contribution < -0.4 is 0 Å². The van der Waals surface area contributed by atoms with E-state index in [1.807, 2.05) is 18.9 Å². The van der Waals surface area contributed by atoms with Crippen molar-refractivity contribution < 1.29 is 33.4 Å². The van der Waals surface area contributed by atoms with Crippen LogP contribution in [-0.4, -0.2) is 78.5 Å². The number of amides is 1. The van der Waals surface area contributed by atoms with Gasteiger partial charge in [-0.2, -0.15) is 5.06 Å². The molecule has 0 radical (unpaired) electrons. The zero-order valence-electron chi connectivity index (χ0n) is 35.9. The summed E-state index contributed by atoms with van der Waals surface area (Å²) in [5.41, 5.74) is -0.198. The van der Waals surface area contributed by atoms with E-state index in [9.17, 15) is 19.3 Å². The topological polar surface area (TPSA) is 113 Å². The number of carboxylic acid groups (broad SMARTS) is 1. The highest BCUT2D eigenvalue weighted by molar-refractivity contribution is 7.57. The summed E-state index contributed by atoms with van der Waals surface area (Å²) in [6.07, 6.45) is 13.8. The average Bonchev–Trinajstić information content (AvgIpc) is 3.70. The van der Waals surface area contributed by atoms with Crippen LogP contribution in [0, 0.1) is 79.3 Å². The number of carboxylic acids is 1. The van der Waals surface area contributed by atoms with Crippen LogP contribution in [0.2, 0.25) is 0 Å². The highest BCUT2D eigenvalue weighted by atomic mass is 31.2. The lowest BCUT2D eigenvalue weighted by Gasteiger charge is -2.73. The van der Waals surface area contributed by atoms with E-state index in [1.165, 1.54) is 38.5 Å². The Bertz CT molecular complexity index is 1640. The summed E-state index contributed by atoms with van der Waals surface area (Å²) in [5, 5.41) is 11.5. The van der Waals surface area contributed by atoms with Gasteiger partial charge in [0.15, 0.2) is 0 Å². The van der Waals surface area contributed by atoms with Crippen molar-refractivity contribution in [2.45, 2.75) is 145 Å². The summed E-state index contributed by atoms with van der Waals surface area (Å²) < 4.78 is 24.6. The lowest BCUT2D eigenvalue weighted by atomic mass is 9.32. The van der Waals surface area contributed by atoms with Crippen LogP contribution in [-0.2, 0) is 28.3 Å². The van der Waals surface area contributed by atoms with E-state index in [4.69, 9.17) is 9.36 Å². The van der Waals surface area contributed by atoms with Crippen molar-refractivity contribution in [3.8, 4) is 0 Å². The Morgan fingerprint density at radius 3 is 1.95 bits per heavy atom. The van der Waals surface area contributed by atoms with Crippen molar-refractivity contribution in [3.05, 3.63) is 0 Å². The second kappa shape index (κ2) is 12.8. The molecule has 0 unspecified atom stereocenters. The highest BCUT2D eigenvalue weighted by Crippen LogP contribution is 2.79. The molecule has 1 N–H and O–H groups in total. The molecule has 0 spiro atoms. The SMILES string of the molecule is CC1([C@@H]2CC[C@]3(C(=O)N4CCN(OP(C)(C)=O)CC4)CC[C@]4(C)[C@H](CC[C@@H]5[C@@]6(C)CC[C@H](OC(=O)[C@H]7C[C@@H](C(=O)O)C7(C)C)C(C)(C)[C@@H]6CC[C@]54C)[C@@H]23)CC1. The van der Waals surface area contributed by atoms with Gasteiger partial charge in [-0.25, -0.2) is 4.62 Å². The Hall–Kier alpha value is -1.44. The Morgan fingerprint density at radius 1 is 0.673 bits per heavy atom. The average molecular weight is 785 g/mol. The molecule has 8 rings (SSSR count). The van der Waals surface area contributed by atoms with Gasteiger partial charge >= 0.3 is 11.9 Å². The number of carbonyl (C=O) groups excluding carboxylic acids is 2. The largest absolute Gasteiger partial charge is 0.481 e. The second-order valence-electron chi connectivity index (χ2n) is 23.0. The van der Waals surface area contributed by atoms with Crippen LogP contribution in [0.5, 0.6) is 0 Å². The van der Waals surface area contributed by atoms with Crippen LogP contribution in [0.4, 0.5) is 0 Å². The molecule has 1 amide bonds. The lowest BCUT2D eigenvalue weighted by Crippen LogP contribution is -2.68. The Kier molecular flexibility index (Phi) is 9.37. The molecular formula is C45H73N2O7P. The summed E-state index contributed by atoms with van der Waals surface area (Å²) in [7, 11) is -2.64. The molecule has 1 heterocycles. The van der Waals surface area contributed by atoms with Crippen molar-refractivity contribution in [3.63, 3.8) is 0 Å². The van der Waals surface area contributed by atoms with Gasteiger partial charge in [-0.05, 0) is 140 Å². The second-order valence-corrected chi connectivity index (χ2v) is 25.7. The number of ether oxygens (including phenoxy) is 1. The van der Waals surface area contributed by atoms with E-state index in [1.54, 1.807) is 13.3 Å². The number of rotatable bonds is 7. The molecule has 1 saturated heterocycles. The van der Waals surface area contributed by atoms with Gasteiger partial charge in [0, 0.05) is 44.9 Å². The van der Waals surface area contributed by atoms with E-state index >= 15 is 4.79 Å². The van der Waals surface area contributed by atoms with Crippen molar-refractivity contribution in [1.29, 1.82) is 0 Å². The summed E-state index contributed by atoms with van der Waals surface area (Å²) in [5.74, 6) is 1.14. The molecule has 7 saturated carbocycles. The minimum absolute atomic E-state index is 0.141. The number of fused-ring (bicyclic) bond motifs is 7. The highest BCUT2D eigenvalue weighted by Gasteiger charge is 2.74. The van der Waals surface area contributed by atoms with Crippen LogP contribution in [0.3, 0.4) is 0 Å². The number of hydrogen-bond donors (Lipinski definition) is 1. The fourth-order valence-electron chi connectivity index (χ4n) is 16.0. The fourth-order valence-corrected chi connectivity index (χ4v) is 16.7. The maximum atomic E-state index is 15.1. The number of carbonyl (C=O) groups is 3. The molecule has 8 aliphatic rings. The molecule has 12 atom stereocenters. The lowest BCUT2D eigenvalue weighted by molar-refractivity contribution is -0.253. The number of nitrogens with zero attached hydrogens (tertiary/aromatic N) is 2. The minimum Gasteiger partial charge on any atom is -0.481 e. The van der Waals surface area contributed by atoms with Gasteiger partial charge in [-0.1, -0.05) is 55.4 Å². The standard InChI is InChI=1S/C45H73N2O7P/c1-39(2)30(36(48)49)27-31(39)37(50)53-34-15-16-42(6)32(40(34,3)4)14-17-44(8)33(42)12-11-29-35-28(41(5)19-20-41)13-18-45(35,22-21-43(29,44)7)38(51)46-23-25-47(26-24-46)54-55(9,10)52/h28-35H,11-27H2,1-10H3,(H,48,49)/t28-,29-,30+,31-,32+,33-,34+,35-,42+,43-,44-,45+/m1/s1. The molecule has 55 heavy (non-hydrogen) atoms. The summed E-state index contributed by atoms with van der Waals surface area (Å²) in [6.45, 7) is 24.8. The van der Waals surface area contributed by atoms with E-state index in [0.29, 0.717) is 73.5 Å². The van der Waals surface area contributed by atoms with Crippen LogP contribution >= 0.6 is 7.37 Å². The molecule has 9 nitrogen and oxygen atoms in total. The monoisotopic (exact) mass is 785 g/mol. The molecule has 8 fully saturated rings. The minimum atomic E-state index is -2.64. The molecule has 7 aliphatic carbocycles. The molecular weight excluding hydrogens is 711 g/mol. The number of hydroxylamine groups is 2. The number of aliphatic carboxylic acids is 1. The first-order valence-electron chi connectivity index (χ1n) is 22.2. The van der Waals surface area contributed by atoms with Gasteiger partial charge < -0.3 is 14.7 Å². The van der Waals surface area contributed by atoms with Gasteiger partial charge in [-0.3, -0.25) is 18.9 Å². The first kappa shape index (κ1) is 40.3. The maximum absolute atomic E-state index is 15.1. The van der Waals surface area contributed by atoms with E-state index in [-0.39, 0.29) is 45.1 Å². The smallest absolute Gasteiger partial charge is 0.309 e. The molecule has 0 aromatic carbocycles. The van der Waals surface area contributed by atoms with E-state index in [0.717, 1.165) is 38.5 Å². The third-order valence-corrected chi connectivity index (χ3v) is 20.3. The number of piperazine rings is 1. The van der Waals surface area contributed by atoms with Crippen LogP contribution in [0.15, 0.2) is 0 Å². The quantitative estimate of drug-likeness (QED) is 0.201. The summed E-state index contributed by atoms with van der Waals surface area (Å²) in [4.78, 5) is 42.7. The van der Waals surface area contributed by atoms with Crippen LogP contribution in [0.1, 0.15) is 139 Å². The summed E-state index contributed by atoms with van der Waals surface area (Å²) >= 11 is 0. The van der Waals surface area contributed by atoms with Crippen molar-refractivity contribution in [2.24, 2.45) is 79.3 Å². The normalized spacial score (nSPS) is 46.9. The molecule has 0 aromatic heterocycles. The van der Waals surface area contributed by atoms with E-state index in [2.05, 4.69) is 46.4 Å². The van der Waals surface area contributed by atoms with E-state index < -0.39 is 24.7 Å². The molecule has 0 bridgehead atoms. The maximum Gasteiger partial charge on any atom is 0.309 e. The third-order valence-electron chi connectivity index (χ3n) is 19.7. The fraction of sp³-hybridized carbons (Fsp3) is 0.933. The molecule has 1 aliphatic heterocycles. The third kappa shape index (κ3) is 5.85. The van der Waals surface area contributed by atoms with Gasteiger partial charge in [0.2, 0.25) is 13.3 Å². The van der Waals surface area contributed by atoms with Gasteiger partial charge in [-0.15, -0.1) is 0 Å². The molecule has 10 heteroatoms. The molecule has 310 valence electrons. The predicted octanol–water partition coefficient (Wildman–Crippen LogP) is 9.14. The Labute approximate surface area is 331 Å². The van der Waals surface area contributed by atoms with Gasteiger partial charge in [0.1, 0.15) is 6.10 Å². The van der Waals surface area contributed by atoms with Crippen molar-refractivity contribution in [2.75, 3.05) is 39.5 Å². The van der Waals surface area contributed by atoms with Gasteiger partial charge in [0.25, 0.3) is 0 Å². The first-order chi connectivity index (χ1) is 25.4. The number of esters is 1.